The molecule has 0 saturated heterocycles. The van der Waals surface area contributed by atoms with E-state index in [2.05, 4.69) is 30.0 Å². The Kier molecular flexibility index (Phi) is 6.66. The number of carbonyl (C=O) groups is 1. The molecule has 23 heavy (non-hydrogen) atoms. The lowest BCUT2D eigenvalue weighted by molar-refractivity contribution is -0.121. The summed E-state index contributed by atoms with van der Waals surface area (Å²) < 4.78 is 0. The zero-order valence-corrected chi connectivity index (χ0v) is 15.1. The smallest absolute Gasteiger partial charge is 0.242 e. The summed E-state index contributed by atoms with van der Waals surface area (Å²) in [6, 6.07) is 7.67. The maximum absolute atomic E-state index is 12.0. The second-order valence-corrected chi connectivity index (χ2v) is 7.10. The number of benzene rings is 1. The molecule has 1 aromatic carbocycles. The van der Waals surface area contributed by atoms with Crippen molar-refractivity contribution in [2.45, 2.75) is 45.6 Å². The number of hydrogen-bond acceptors (Lipinski definition) is 2. The predicted molar refractivity (Wildman–Crippen MR) is 98.1 cm³/mol. The molecule has 2 rings (SSSR count). The van der Waals surface area contributed by atoms with Crippen LogP contribution in [0.3, 0.4) is 0 Å². The van der Waals surface area contributed by atoms with Gasteiger partial charge < -0.3 is 5.32 Å². The summed E-state index contributed by atoms with van der Waals surface area (Å²) in [5, 5.41) is 4.36. The van der Waals surface area contributed by atoms with Gasteiger partial charge in [0.25, 0.3) is 0 Å². The van der Waals surface area contributed by atoms with Crippen molar-refractivity contribution in [1.29, 1.82) is 0 Å². The van der Waals surface area contributed by atoms with Gasteiger partial charge in [0.15, 0.2) is 5.11 Å². The monoisotopic (exact) mass is 353 g/mol. The fraction of sp³-hybridized carbons (Fsp3) is 0.529. The molecule has 3 N–H and O–H groups in total. The number of thiocarbonyl (C=S) groups is 1. The minimum absolute atomic E-state index is 0.174. The van der Waals surface area contributed by atoms with Gasteiger partial charge in [-0.1, -0.05) is 56.5 Å². The van der Waals surface area contributed by atoms with E-state index in [9.17, 15) is 4.79 Å². The first-order chi connectivity index (χ1) is 11.0. The van der Waals surface area contributed by atoms with Gasteiger partial charge in [-0.3, -0.25) is 15.6 Å². The van der Waals surface area contributed by atoms with Crippen LogP contribution in [0.1, 0.15) is 38.7 Å². The van der Waals surface area contributed by atoms with Gasteiger partial charge in [0.05, 0.1) is 6.42 Å². The van der Waals surface area contributed by atoms with Crippen molar-refractivity contribution in [2.75, 3.05) is 0 Å². The highest BCUT2D eigenvalue weighted by atomic mass is 35.5. The van der Waals surface area contributed by atoms with Gasteiger partial charge in [-0.15, -0.1) is 0 Å². The van der Waals surface area contributed by atoms with Gasteiger partial charge in [-0.2, -0.15) is 0 Å². The number of rotatable bonds is 3. The summed E-state index contributed by atoms with van der Waals surface area (Å²) in [5.41, 5.74) is 6.20. The topological polar surface area (TPSA) is 53.2 Å². The van der Waals surface area contributed by atoms with Crippen LogP contribution in [-0.4, -0.2) is 17.1 Å². The van der Waals surface area contributed by atoms with Gasteiger partial charge in [0, 0.05) is 11.1 Å². The average molecular weight is 354 g/mol. The van der Waals surface area contributed by atoms with Crippen molar-refractivity contribution >= 4 is 34.8 Å². The molecule has 0 unspecified atom stereocenters. The normalized spacial score (nSPS) is 23.9. The zero-order chi connectivity index (χ0) is 16.8. The van der Waals surface area contributed by atoms with Crippen LogP contribution < -0.4 is 16.2 Å². The summed E-state index contributed by atoms with van der Waals surface area (Å²) in [6.07, 6.45) is 3.81. The Bertz CT molecular complexity index is 567. The van der Waals surface area contributed by atoms with E-state index in [1.54, 1.807) is 6.07 Å². The van der Waals surface area contributed by atoms with Crippen molar-refractivity contribution in [3.63, 3.8) is 0 Å². The highest BCUT2D eigenvalue weighted by Gasteiger charge is 2.27. The van der Waals surface area contributed by atoms with Gasteiger partial charge in [0.2, 0.25) is 5.91 Å². The lowest BCUT2D eigenvalue weighted by atomic mass is 9.78. The lowest BCUT2D eigenvalue weighted by Gasteiger charge is -2.35. The molecule has 0 aliphatic heterocycles. The lowest BCUT2D eigenvalue weighted by Crippen LogP contribution is -2.52. The first-order valence-corrected chi connectivity index (χ1v) is 8.84. The van der Waals surface area contributed by atoms with Crippen LogP contribution in [-0.2, 0) is 11.2 Å². The van der Waals surface area contributed by atoms with E-state index >= 15 is 0 Å². The van der Waals surface area contributed by atoms with Crippen LogP contribution in [0, 0.1) is 11.8 Å². The minimum atomic E-state index is -0.174. The van der Waals surface area contributed by atoms with Crippen LogP contribution in [0.25, 0.3) is 0 Å². The second-order valence-electron chi connectivity index (χ2n) is 6.29. The van der Waals surface area contributed by atoms with Crippen molar-refractivity contribution in [1.82, 2.24) is 16.2 Å². The van der Waals surface area contributed by atoms with E-state index in [0.29, 0.717) is 28.0 Å². The first-order valence-electron chi connectivity index (χ1n) is 8.06. The third-order valence-corrected chi connectivity index (χ3v) is 5.24. The SMILES string of the molecule is C[C@H]1[C@@H](NC(=S)NNC(=O)Cc2ccccc2Cl)CCC[C@@H]1C. The fourth-order valence-electron chi connectivity index (χ4n) is 2.98. The molecule has 4 nitrogen and oxygen atoms in total. The van der Waals surface area contributed by atoms with Crippen molar-refractivity contribution in [3.05, 3.63) is 34.9 Å². The van der Waals surface area contributed by atoms with E-state index in [1.807, 2.05) is 18.2 Å². The largest absolute Gasteiger partial charge is 0.358 e. The third-order valence-electron chi connectivity index (χ3n) is 4.65. The van der Waals surface area contributed by atoms with E-state index in [-0.39, 0.29) is 12.3 Å². The number of hydrogen-bond donors (Lipinski definition) is 3. The second kappa shape index (κ2) is 8.50. The molecule has 1 aliphatic carbocycles. The van der Waals surface area contributed by atoms with Crippen LogP contribution in [0.15, 0.2) is 24.3 Å². The zero-order valence-electron chi connectivity index (χ0n) is 13.6. The van der Waals surface area contributed by atoms with E-state index in [1.165, 1.54) is 12.8 Å². The Balaban J connectivity index is 1.76. The Morgan fingerprint density at radius 3 is 2.74 bits per heavy atom. The number of halogens is 1. The fourth-order valence-corrected chi connectivity index (χ4v) is 3.38. The Morgan fingerprint density at radius 2 is 2.00 bits per heavy atom. The van der Waals surface area contributed by atoms with Crippen LogP contribution in [0.5, 0.6) is 0 Å². The molecule has 6 heteroatoms. The van der Waals surface area contributed by atoms with Gasteiger partial charge >= 0.3 is 0 Å². The summed E-state index contributed by atoms with van der Waals surface area (Å²) in [4.78, 5) is 12.0. The highest BCUT2D eigenvalue weighted by molar-refractivity contribution is 7.80. The molecule has 0 bridgehead atoms. The molecular weight excluding hydrogens is 330 g/mol. The third kappa shape index (κ3) is 5.36. The molecule has 1 amide bonds. The summed E-state index contributed by atoms with van der Waals surface area (Å²) in [5.74, 6) is 1.09. The minimum Gasteiger partial charge on any atom is -0.358 e. The predicted octanol–water partition coefficient (Wildman–Crippen LogP) is 3.20. The number of amides is 1. The molecule has 1 aliphatic rings. The van der Waals surface area contributed by atoms with Gasteiger partial charge in [-0.05, 0) is 42.1 Å². The summed E-state index contributed by atoms with van der Waals surface area (Å²) in [6.45, 7) is 4.53. The number of carbonyl (C=O) groups excluding carboxylic acids is 1. The molecule has 1 aromatic rings. The van der Waals surface area contributed by atoms with Crippen molar-refractivity contribution in [2.24, 2.45) is 11.8 Å². The summed E-state index contributed by atoms with van der Waals surface area (Å²) >= 11 is 11.3. The Hall–Kier alpha value is -1.33. The highest BCUT2D eigenvalue weighted by Crippen LogP contribution is 2.29. The molecule has 1 saturated carbocycles. The van der Waals surface area contributed by atoms with E-state index in [4.69, 9.17) is 23.8 Å². The molecule has 1 fully saturated rings. The molecule has 0 radical (unpaired) electrons. The molecule has 0 heterocycles. The maximum atomic E-state index is 12.0. The van der Waals surface area contributed by atoms with Crippen LogP contribution in [0.2, 0.25) is 5.02 Å². The van der Waals surface area contributed by atoms with E-state index < -0.39 is 0 Å². The van der Waals surface area contributed by atoms with Crippen LogP contribution in [0.4, 0.5) is 0 Å². The molecule has 126 valence electrons. The number of hydrazine groups is 1. The maximum Gasteiger partial charge on any atom is 0.242 e. The molecule has 0 aromatic heterocycles. The Labute approximate surface area is 148 Å². The van der Waals surface area contributed by atoms with Crippen molar-refractivity contribution < 1.29 is 4.79 Å². The Morgan fingerprint density at radius 1 is 1.26 bits per heavy atom. The van der Waals surface area contributed by atoms with Gasteiger partial charge in [0.1, 0.15) is 0 Å². The molecular formula is C17H24ClN3OS. The number of nitrogens with one attached hydrogen (secondary N) is 3. The first kappa shape index (κ1) is 18.0. The van der Waals surface area contributed by atoms with Crippen LogP contribution >= 0.6 is 23.8 Å². The molecule has 3 atom stereocenters. The standard InChI is InChI=1S/C17H24ClN3OS/c1-11-6-5-9-15(12(11)2)19-17(23)21-20-16(22)10-13-7-3-4-8-14(13)18/h3-4,7-8,11-12,15H,5-6,9-10H2,1-2H3,(H,20,22)(H2,19,21,23)/t11-,12+,15-/m0/s1. The summed E-state index contributed by atoms with van der Waals surface area (Å²) in [7, 11) is 0. The molecule has 0 spiro atoms. The van der Waals surface area contributed by atoms with Crippen molar-refractivity contribution in [3.8, 4) is 0 Å². The average Bonchev–Trinajstić information content (AvgIpc) is 2.52. The van der Waals surface area contributed by atoms with E-state index in [0.717, 1.165) is 12.0 Å². The van der Waals surface area contributed by atoms with Gasteiger partial charge in [-0.25, -0.2) is 0 Å². The quantitative estimate of drug-likeness (QED) is 0.577.